The number of rotatable bonds is 8. The molecule has 0 spiro atoms. The Hall–Kier alpha value is -3.50. The molecule has 1 saturated carbocycles. The van der Waals surface area contributed by atoms with E-state index in [-0.39, 0.29) is 49.4 Å². The quantitative estimate of drug-likeness (QED) is 0.439. The fraction of sp³-hybridized carbons (Fsp3) is 0.548. The van der Waals surface area contributed by atoms with E-state index in [9.17, 15) is 14.7 Å². The van der Waals surface area contributed by atoms with Crippen LogP contribution in [-0.2, 0) is 6.54 Å². The maximum absolute atomic E-state index is 13.7. The number of ether oxygens (including phenoxy) is 3. The summed E-state index contributed by atoms with van der Waals surface area (Å²) in [6, 6.07) is 10.7. The highest BCUT2D eigenvalue weighted by atomic mass is 16.7. The monoisotopic (exact) mass is 566 g/mol. The summed E-state index contributed by atoms with van der Waals surface area (Å²) in [5.41, 5.74) is 2.00. The van der Waals surface area contributed by atoms with Crippen LogP contribution in [-0.4, -0.2) is 78.6 Å². The van der Waals surface area contributed by atoms with Crippen LogP contribution in [0.3, 0.4) is 0 Å². The smallest absolute Gasteiger partial charge is 0.319 e. The van der Waals surface area contributed by atoms with Crippen molar-refractivity contribution in [1.82, 2.24) is 15.1 Å². The number of anilines is 1. The molecule has 3 atom stereocenters. The second-order valence-corrected chi connectivity index (χ2v) is 11.7. The van der Waals surface area contributed by atoms with E-state index >= 15 is 0 Å². The van der Waals surface area contributed by atoms with Crippen molar-refractivity contribution in [2.75, 3.05) is 38.9 Å². The van der Waals surface area contributed by atoms with E-state index in [1.807, 2.05) is 32.2 Å². The van der Waals surface area contributed by atoms with Gasteiger partial charge in [-0.3, -0.25) is 9.69 Å². The maximum Gasteiger partial charge on any atom is 0.319 e. The number of aliphatic hydroxyl groups excluding tert-OH is 1. The Balaban J connectivity index is 1.32. The zero-order valence-corrected chi connectivity index (χ0v) is 24.2. The second-order valence-electron chi connectivity index (χ2n) is 11.7. The van der Waals surface area contributed by atoms with Crippen LogP contribution < -0.4 is 24.8 Å². The Labute approximate surface area is 241 Å². The van der Waals surface area contributed by atoms with Crippen LogP contribution in [0.5, 0.6) is 17.2 Å². The molecule has 3 amide bonds. The van der Waals surface area contributed by atoms with Crippen LogP contribution in [0.25, 0.3) is 0 Å². The number of carbonyl (C=O) groups is 2. The van der Waals surface area contributed by atoms with Crippen LogP contribution in [0.1, 0.15) is 61.9 Å². The molecule has 41 heavy (non-hydrogen) atoms. The predicted octanol–water partition coefficient (Wildman–Crippen LogP) is 4.22. The first-order valence-electron chi connectivity index (χ1n) is 14.7. The minimum atomic E-state index is -0.367. The minimum absolute atomic E-state index is 0.000577. The molecule has 10 heteroatoms. The van der Waals surface area contributed by atoms with Gasteiger partial charge in [0.2, 0.25) is 6.79 Å². The number of hydrogen-bond acceptors (Lipinski definition) is 7. The van der Waals surface area contributed by atoms with Crippen LogP contribution in [0, 0.1) is 5.92 Å². The molecule has 1 aliphatic carbocycles. The third-order valence-electron chi connectivity index (χ3n) is 8.24. The molecular formula is C31H42N4O6. The first kappa shape index (κ1) is 29.0. The number of benzene rings is 2. The number of fused-ring (bicyclic) bond motifs is 2. The summed E-state index contributed by atoms with van der Waals surface area (Å²) >= 11 is 0. The summed E-state index contributed by atoms with van der Waals surface area (Å²) in [4.78, 5) is 30.3. The van der Waals surface area contributed by atoms with E-state index in [2.05, 4.69) is 22.5 Å². The lowest BCUT2D eigenvalue weighted by molar-refractivity contribution is 0.0341. The third-order valence-corrected chi connectivity index (χ3v) is 8.24. The van der Waals surface area contributed by atoms with E-state index < -0.39 is 0 Å². The third kappa shape index (κ3) is 7.05. The van der Waals surface area contributed by atoms with E-state index in [1.54, 1.807) is 23.1 Å². The average Bonchev–Trinajstić information content (AvgIpc) is 3.43. The number of nitrogens with zero attached hydrogens (tertiary/aromatic N) is 2. The van der Waals surface area contributed by atoms with E-state index in [0.29, 0.717) is 36.6 Å². The molecule has 0 aromatic heterocycles. The Kier molecular flexibility index (Phi) is 9.19. The van der Waals surface area contributed by atoms with Gasteiger partial charge in [0.05, 0.1) is 18.2 Å². The molecule has 2 aromatic rings. The summed E-state index contributed by atoms with van der Waals surface area (Å²) in [6.07, 6.45) is 5.22. The highest BCUT2D eigenvalue weighted by molar-refractivity contribution is 5.99. The van der Waals surface area contributed by atoms with Crippen LogP contribution in [0.15, 0.2) is 36.4 Å². The lowest BCUT2D eigenvalue weighted by Gasteiger charge is -2.38. The molecule has 3 N–H and O–H groups in total. The zero-order chi connectivity index (χ0) is 28.9. The molecular weight excluding hydrogens is 524 g/mol. The van der Waals surface area contributed by atoms with Crippen molar-refractivity contribution in [2.45, 2.75) is 70.7 Å². The van der Waals surface area contributed by atoms with E-state index in [4.69, 9.17) is 14.2 Å². The number of amides is 3. The van der Waals surface area contributed by atoms with Gasteiger partial charge in [-0.25, -0.2) is 4.79 Å². The number of nitrogens with one attached hydrogen (secondary N) is 2. The molecule has 0 radical (unpaired) electrons. The summed E-state index contributed by atoms with van der Waals surface area (Å²) in [5, 5.41) is 15.9. The maximum atomic E-state index is 13.7. The van der Waals surface area contributed by atoms with Crippen molar-refractivity contribution < 1.29 is 28.9 Å². The first-order chi connectivity index (χ1) is 19.8. The van der Waals surface area contributed by atoms with Gasteiger partial charge >= 0.3 is 6.03 Å². The molecule has 2 heterocycles. The van der Waals surface area contributed by atoms with Crippen molar-refractivity contribution >= 4 is 17.6 Å². The fourth-order valence-electron chi connectivity index (χ4n) is 5.84. The number of carbonyl (C=O) groups excluding carboxylic acids is 2. The zero-order valence-electron chi connectivity index (χ0n) is 24.2. The molecule has 10 nitrogen and oxygen atoms in total. The van der Waals surface area contributed by atoms with Gasteiger partial charge in [-0.05, 0) is 62.7 Å². The number of aliphatic hydroxyl groups is 1. The average molecular weight is 567 g/mol. The second kappa shape index (κ2) is 13.0. The Morgan fingerprint density at radius 3 is 2.63 bits per heavy atom. The largest absolute Gasteiger partial charge is 0.488 e. The molecule has 2 aliphatic heterocycles. The van der Waals surface area contributed by atoms with Crippen molar-refractivity contribution in [3.05, 3.63) is 47.5 Å². The molecule has 2 aromatic carbocycles. The highest BCUT2D eigenvalue weighted by Crippen LogP contribution is 2.34. The first-order valence-corrected chi connectivity index (χ1v) is 14.7. The van der Waals surface area contributed by atoms with Gasteiger partial charge in [-0.1, -0.05) is 32.3 Å². The molecule has 222 valence electrons. The van der Waals surface area contributed by atoms with Crippen LogP contribution in [0.2, 0.25) is 0 Å². The highest BCUT2D eigenvalue weighted by Gasteiger charge is 2.33. The van der Waals surface area contributed by atoms with Crippen LogP contribution >= 0.6 is 0 Å². The molecule has 0 bridgehead atoms. The summed E-state index contributed by atoms with van der Waals surface area (Å²) in [6.45, 7) is 5.74. The van der Waals surface area contributed by atoms with Gasteiger partial charge in [0.25, 0.3) is 5.91 Å². The molecule has 1 fully saturated rings. The molecule has 3 aliphatic rings. The minimum Gasteiger partial charge on any atom is -0.488 e. The van der Waals surface area contributed by atoms with Gasteiger partial charge in [-0.2, -0.15) is 0 Å². The Morgan fingerprint density at radius 1 is 1.10 bits per heavy atom. The Morgan fingerprint density at radius 2 is 1.85 bits per heavy atom. The number of urea groups is 1. The molecule has 0 unspecified atom stereocenters. The topological polar surface area (TPSA) is 113 Å². The van der Waals surface area contributed by atoms with Gasteiger partial charge in [0.15, 0.2) is 11.5 Å². The van der Waals surface area contributed by atoms with Gasteiger partial charge in [-0.15, -0.1) is 0 Å². The standard InChI is InChI=1S/C31H42N4O6/c1-20-15-35(21(2)18-36)30(37)25-14-24(33-31(38)32-23-7-5-4-6-8-23)10-12-26(25)41-29(20)17-34(3)16-22-9-11-27-28(13-22)40-19-39-27/h9-14,20-21,23,29,36H,4-8,15-19H2,1-3H3,(H2,32,33,38)/t20-,21+,29-/m0/s1. The van der Waals surface area contributed by atoms with Crippen LogP contribution in [0.4, 0.5) is 10.5 Å². The number of hydrogen-bond donors (Lipinski definition) is 3. The summed E-state index contributed by atoms with van der Waals surface area (Å²) < 4.78 is 17.5. The van der Waals surface area contributed by atoms with Gasteiger partial charge in [0.1, 0.15) is 11.9 Å². The lowest BCUT2D eigenvalue weighted by Crippen LogP contribution is -2.49. The predicted molar refractivity (Wildman–Crippen MR) is 156 cm³/mol. The van der Waals surface area contributed by atoms with Crippen molar-refractivity contribution in [3.8, 4) is 17.2 Å². The summed E-state index contributed by atoms with van der Waals surface area (Å²) in [5.74, 6) is 1.75. The number of likely N-dealkylation sites (N-methyl/N-ethyl adjacent to an activating group) is 1. The lowest BCUT2D eigenvalue weighted by atomic mass is 9.96. The fourth-order valence-corrected chi connectivity index (χ4v) is 5.84. The Bertz CT molecular complexity index is 1230. The molecule has 0 saturated heterocycles. The molecule has 5 rings (SSSR count). The van der Waals surface area contributed by atoms with Gasteiger partial charge in [0, 0.05) is 37.3 Å². The normalized spacial score (nSPS) is 21.5. The van der Waals surface area contributed by atoms with Crippen molar-refractivity contribution in [3.63, 3.8) is 0 Å². The SMILES string of the molecule is C[C@H](CO)N1C[C@H](C)[C@H](CN(C)Cc2ccc3c(c2)OCO3)Oc2ccc(NC(=O)NC3CCCCC3)cc2C1=O. The van der Waals surface area contributed by atoms with Crippen molar-refractivity contribution in [1.29, 1.82) is 0 Å². The van der Waals surface area contributed by atoms with E-state index in [0.717, 1.165) is 42.7 Å². The summed E-state index contributed by atoms with van der Waals surface area (Å²) in [7, 11) is 2.04. The van der Waals surface area contributed by atoms with E-state index in [1.165, 1.54) is 6.42 Å². The van der Waals surface area contributed by atoms with Crippen molar-refractivity contribution in [2.24, 2.45) is 5.92 Å². The van der Waals surface area contributed by atoms with Gasteiger partial charge < -0.3 is 34.9 Å².